The SMILES string of the molecule is C=CC(O)N1C2COCC1CN(C(C)c1[nH]c3nnc(-c4ccccc4O)cc3c1C)C2. The highest BCUT2D eigenvalue weighted by molar-refractivity contribution is 5.85. The first kappa shape index (κ1) is 21.1. The van der Waals surface area contributed by atoms with Crippen molar-refractivity contribution in [2.45, 2.75) is 38.2 Å². The van der Waals surface area contributed by atoms with Crippen LogP contribution in [0.4, 0.5) is 0 Å². The number of aryl methyl sites for hydroxylation is 1. The van der Waals surface area contributed by atoms with Crippen LogP contribution >= 0.6 is 0 Å². The highest BCUT2D eigenvalue weighted by Gasteiger charge is 2.42. The van der Waals surface area contributed by atoms with Crippen molar-refractivity contribution in [2.24, 2.45) is 0 Å². The van der Waals surface area contributed by atoms with Gasteiger partial charge in [-0.1, -0.05) is 18.7 Å². The Hall–Kier alpha value is -2.78. The number of aromatic amines is 1. The van der Waals surface area contributed by atoms with E-state index in [-0.39, 0.29) is 23.9 Å². The van der Waals surface area contributed by atoms with Crippen LogP contribution in [0.15, 0.2) is 43.0 Å². The number of piperazine rings is 1. The lowest BCUT2D eigenvalue weighted by atomic mass is 9.99. The minimum atomic E-state index is -0.649. The Morgan fingerprint density at radius 2 is 1.94 bits per heavy atom. The Morgan fingerprint density at radius 3 is 2.62 bits per heavy atom. The molecule has 32 heavy (non-hydrogen) atoms. The Morgan fingerprint density at radius 1 is 1.22 bits per heavy atom. The van der Waals surface area contributed by atoms with E-state index in [1.165, 1.54) is 0 Å². The maximum absolute atomic E-state index is 10.4. The van der Waals surface area contributed by atoms with Crippen LogP contribution in [0, 0.1) is 6.92 Å². The molecule has 8 nitrogen and oxygen atoms in total. The summed E-state index contributed by atoms with van der Waals surface area (Å²) in [6.07, 6.45) is 0.941. The van der Waals surface area contributed by atoms with E-state index in [4.69, 9.17) is 4.74 Å². The van der Waals surface area contributed by atoms with Crippen LogP contribution < -0.4 is 0 Å². The molecule has 4 unspecified atom stereocenters. The fraction of sp³-hybridized carbons (Fsp3) is 0.417. The Kier molecular flexibility index (Phi) is 5.46. The molecule has 0 radical (unpaired) electrons. The number of hydrogen-bond donors (Lipinski definition) is 3. The van der Waals surface area contributed by atoms with Crippen molar-refractivity contribution in [3.63, 3.8) is 0 Å². The number of aromatic nitrogens is 3. The molecule has 3 aromatic rings. The maximum atomic E-state index is 10.4. The third kappa shape index (κ3) is 3.49. The van der Waals surface area contributed by atoms with E-state index in [9.17, 15) is 10.2 Å². The van der Waals surface area contributed by atoms with Crippen LogP contribution in [-0.2, 0) is 4.74 Å². The highest BCUT2D eigenvalue weighted by atomic mass is 16.5. The van der Waals surface area contributed by atoms with Crippen molar-refractivity contribution >= 4 is 11.0 Å². The molecule has 168 valence electrons. The molecule has 0 amide bonds. The molecule has 3 N–H and O–H groups in total. The lowest BCUT2D eigenvalue weighted by molar-refractivity contribution is -0.152. The topological polar surface area (TPSA) is 97.7 Å². The van der Waals surface area contributed by atoms with Crippen molar-refractivity contribution in [3.05, 3.63) is 54.2 Å². The van der Waals surface area contributed by atoms with E-state index in [1.807, 2.05) is 18.2 Å². The first-order chi connectivity index (χ1) is 15.5. The second-order valence-electron chi connectivity index (χ2n) is 8.74. The average molecular weight is 436 g/mol. The molecular weight excluding hydrogens is 406 g/mol. The van der Waals surface area contributed by atoms with Crippen molar-refractivity contribution < 1.29 is 14.9 Å². The van der Waals surface area contributed by atoms with Gasteiger partial charge in [-0.05, 0) is 43.7 Å². The summed E-state index contributed by atoms with van der Waals surface area (Å²) in [5, 5.41) is 30.4. The van der Waals surface area contributed by atoms with Crippen molar-refractivity contribution in [2.75, 3.05) is 26.3 Å². The summed E-state index contributed by atoms with van der Waals surface area (Å²) in [4.78, 5) is 8.05. The number of morpholine rings is 1. The summed E-state index contributed by atoms with van der Waals surface area (Å²) in [7, 11) is 0. The van der Waals surface area contributed by atoms with Gasteiger partial charge in [0.15, 0.2) is 5.65 Å². The molecule has 5 rings (SSSR count). The quantitative estimate of drug-likeness (QED) is 0.530. The second kappa shape index (κ2) is 8.29. The number of benzene rings is 1. The Balaban J connectivity index is 1.44. The molecule has 4 heterocycles. The number of aromatic hydroxyl groups is 1. The van der Waals surface area contributed by atoms with Crippen LogP contribution in [0.1, 0.15) is 24.2 Å². The maximum Gasteiger partial charge on any atom is 0.160 e. The van der Waals surface area contributed by atoms with Crippen molar-refractivity contribution in [1.29, 1.82) is 0 Å². The Labute approximate surface area is 187 Å². The van der Waals surface area contributed by atoms with Crippen LogP contribution in [0.2, 0.25) is 0 Å². The highest BCUT2D eigenvalue weighted by Crippen LogP contribution is 2.34. The average Bonchev–Trinajstić information content (AvgIpc) is 3.13. The normalized spacial score (nSPS) is 23.8. The molecule has 2 fully saturated rings. The smallest absolute Gasteiger partial charge is 0.160 e. The van der Waals surface area contributed by atoms with E-state index in [1.54, 1.807) is 18.2 Å². The zero-order valence-electron chi connectivity index (χ0n) is 18.4. The second-order valence-corrected chi connectivity index (χ2v) is 8.74. The van der Waals surface area contributed by atoms with E-state index < -0.39 is 6.23 Å². The van der Waals surface area contributed by atoms with Gasteiger partial charge < -0.3 is 19.9 Å². The molecule has 0 aliphatic carbocycles. The van der Waals surface area contributed by atoms with Crippen LogP contribution in [0.5, 0.6) is 5.75 Å². The molecule has 2 aromatic heterocycles. The third-order valence-corrected chi connectivity index (χ3v) is 6.87. The minimum Gasteiger partial charge on any atom is -0.507 e. The summed E-state index contributed by atoms with van der Waals surface area (Å²) in [5.41, 5.74) is 4.31. The lowest BCUT2D eigenvalue weighted by Crippen LogP contribution is -2.67. The minimum absolute atomic E-state index is 0.120. The molecule has 8 heteroatoms. The predicted molar refractivity (Wildman–Crippen MR) is 122 cm³/mol. The number of nitrogens with zero attached hydrogens (tertiary/aromatic N) is 4. The number of hydrogen-bond acceptors (Lipinski definition) is 7. The van der Waals surface area contributed by atoms with Gasteiger partial charge in [0.2, 0.25) is 0 Å². The van der Waals surface area contributed by atoms with Gasteiger partial charge in [-0.3, -0.25) is 9.80 Å². The fourth-order valence-corrected chi connectivity index (χ4v) is 5.15. The lowest BCUT2D eigenvalue weighted by Gasteiger charge is -2.52. The molecule has 0 spiro atoms. The zero-order valence-corrected chi connectivity index (χ0v) is 18.4. The zero-order chi connectivity index (χ0) is 22.4. The number of H-pyrrole nitrogens is 1. The number of aliphatic hydroxyl groups is 1. The van der Waals surface area contributed by atoms with Gasteiger partial charge in [-0.2, -0.15) is 0 Å². The van der Waals surface area contributed by atoms with E-state index in [0.29, 0.717) is 24.5 Å². The summed E-state index contributed by atoms with van der Waals surface area (Å²) < 4.78 is 5.77. The van der Waals surface area contributed by atoms with Gasteiger partial charge in [-0.15, -0.1) is 10.2 Å². The van der Waals surface area contributed by atoms with Gasteiger partial charge in [0.1, 0.15) is 12.0 Å². The van der Waals surface area contributed by atoms with Crippen LogP contribution in [-0.4, -0.2) is 79.8 Å². The van der Waals surface area contributed by atoms with Gasteiger partial charge in [-0.25, -0.2) is 0 Å². The predicted octanol–water partition coefficient (Wildman–Crippen LogP) is 2.59. The molecule has 4 atom stereocenters. The standard InChI is InChI=1S/C24H29N5O3/c1-4-22(31)29-16-10-28(11-17(29)13-32-12-16)15(3)23-14(2)19-9-20(26-27-24(19)25-23)18-7-5-6-8-21(18)30/h4-9,15-17,22,30-31H,1,10-13H2,2-3H3,(H,25,27). The molecule has 2 aliphatic rings. The summed E-state index contributed by atoms with van der Waals surface area (Å²) in [5.74, 6) is 0.191. The van der Waals surface area contributed by atoms with Crippen molar-refractivity contribution in [1.82, 2.24) is 25.0 Å². The van der Waals surface area contributed by atoms with Gasteiger partial charge in [0, 0.05) is 47.9 Å². The number of fused-ring (bicyclic) bond motifs is 3. The number of ether oxygens (including phenoxy) is 1. The molecule has 2 aliphatic heterocycles. The number of nitrogens with one attached hydrogen (secondary N) is 1. The van der Waals surface area contributed by atoms with E-state index in [0.717, 1.165) is 35.4 Å². The summed E-state index contributed by atoms with van der Waals surface area (Å²) >= 11 is 0. The molecule has 2 bridgehead atoms. The molecule has 2 saturated heterocycles. The van der Waals surface area contributed by atoms with E-state index >= 15 is 0 Å². The number of para-hydroxylation sites is 1. The number of phenolic OH excluding ortho intramolecular Hbond substituents is 1. The first-order valence-electron chi connectivity index (χ1n) is 11.0. The van der Waals surface area contributed by atoms with Gasteiger partial charge in [0.05, 0.1) is 18.9 Å². The largest absolute Gasteiger partial charge is 0.507 e. The third-order valence-electron chi connectivity index (χ3n) is 6.87. The summed E-state index contributed by atoms with van der Waals surface area (Å²) in [6.45, 7) is 10.9. The summed E-state index contributed by atoms with van der Waals surface area (Å²) in [6, 6.07) is 9.54. The molecule has 0 saturated carbocycles. The first-order valence-corrected chi connectivity index (χ1v) is 11.0. The monoisotopic (exact) mass is 435 g/mol. The van der Waals surface area contributed by atoms with Gasteiger partial charge >= 0.3 is 0 Å². The van der Waals surface area contributed by atoms with Crippen LogP contribution in [0.25, 0.3) is 22.3 Å². The fourth-order valence-electron chi connectivity index (χ4n) is 5.15. The van der Waals surface area contributed by atoms with Crippen molar-refractivity contribution in [3.8, 4) is 17.0 Å². The van der Waals surface area contributed by atoms with Gasteiger partial charge in [0.25, 0.3) is 0 Å². The van der Waals surface area contributed by atoms with E-state index in [2.05, 4.69) is 45.4 Å². The molecular formula is C24H29N5O3. The molecule has 1 aromatic carbocycles. The number of rotatable bonds is 5. The van der Waals surface area contributed by atoms with Crippen LogP contribution in [0.3, 0.4) is 0 Å². The number of phenols is 1. The number of aliphatic hydroxyl groups excluding tert-OH is 1. The Bertz CT molecular complexity index is 1130.